The van der Waals surface area contributed by atoms with Crippen molar-refractivity contribution < 1.29 is 9.13 Å². The van der Waals surface area contributed by atoms with E-state index in [-0.39, 0.29) is 5.82 Å². The number of methoxy groups -OCH3 is 1. The molecule has 2 nitrogen and oxygen atoms in total. The Morgan fingerprint density at radius 3 is 2.85 bits per heavy atom. The van der Waals surface area contributed by atoms with E-state index in [9.17, 15) is 4.39 Å². The lowest BCUT2D eigenvalue weighted by Crippen LogP contribution is -2.28. The van der Waals surface area contributed by atoms with Gasteiger partial charge in [-0.1, -0.05) is 26.7 Å². The summed E-state index contributed by atoms with van der Waals surface area (Å²) in [5, 5.41) is 3.54. The number of hydrogen-bond acceptors (Lipinski definition) is 2. The Kier molecular flexibility index (Phi) is 5.27. The Morgan fingerprint density at radius 1 is 1.35 bits per heavy atom. The molecule has 0 aromatic heterocycles. The van der Waals surface area contributed by atoms with Crippen molar-refractivity contribution in [3.05, 3.63) is 24.0 Å². The maximum absolute atomic E-state index is 13.2. The van der Waals surface area contributed by atoms with Crippen molar-refractivity contribution in [2.45, 2.75) is 52.0 Å². The van der Waals surface area contributed by atoms with Crippen LogP contribution in [0.3, 0.4) is 0 Å². The highest BCUT2D eigenvalue weighted by molar-refractivity contribution is 5.57. The molecular formula is C17H26FNO. The number of benzene rings is 1. The maximum Gasteiger partial charge on any atom is 0.144 e. The monoisotopic (exact) mass is 279 g/mol. The number of rotatable bonds is 5. The van der Waals surface area contributed by atoms with Crippen LogP contribution in [0.4, 0.5) is 10.1 Å². The van der Waals surface area contributed by atoms with Crippen LogP contribution in [0.5, 0.6) is 5.75 Å². The van der Waals surface area contributed by atoms with Gasteiger partial charge in [0.25, 0.3) is 0 Å². The lowest BCUT2D eigenvalue weighted by Gasteiger charge is -2.31. The summed E-state index contributed by atoms with van der Waals surface area (Å²) in [6.07, 6.45) is 6.32. The quantitative estimate of drug-likeness (QED) is 0.831. The Morgan fingerprint density at radius 2 is 2.15 bits per heavy atom. The zero-order chi connectivity index (χ0) is 14.5. The molecule has 2 unspecified atom stereocenters. The average molecular weight is 279 g/mol. The third-order valence-electron chi connectivity index (χ3n) is 4.11. The topological polar surface area (TPSA) is 21.3 Å². The third kappa shape index (κ3) is 4.12. The molecule has 1 aromatic rings. The van der Waals surface area contributed by atoms with Crippen LogP contribution in [0.15, 0.2) is 18.2 Å². The molecule has 1 fully saturated rings. The fraction of sp³-hybridized carbons (Fsp3) is 0.647. The van der Waals surface area contributed by atoms with E-state index in [1.54, 1.807) is 13.2 Å². The van der Waals surface area contributed by atoms with Gasteiger partial charge in [0, 0.05) is 12.1 Å². The minimum Gasteiger partial charge on any atom is -0.494 e. The van der Waals surface area contributed by atoms with Gasteiger partial charge in [0.1, 0.15) is 11.6 Å². The highest BCUT2D eigenvalue weighted by Gasteiger charge is 2.23. The predicted molar refractivity (Wildman–Crippen MR) is 81.8 cm³/mol. The molecule has 2 atom stereocenters. The molecule has 0 heterocycles. The van der Waals surface area contributed by atoms with Gasteiger partial charge in [-0.2, -0.15) is 0 Å². The molecule has 1 N–H and O–H groups in total. The molecule has 0 bridgehead atoms. The Labute approximate surface area is 121 Å². The molecule has 0 radical (unpaired) electrons. The largest absolute Gasteiger partial charge is 0.494 e. The van der Waals surface area contributed by atoms with Crippen LogP contribution in [0.1, 0.15) is 46.0 Å². The van der Waals surface area contributed by atoms with Crippen molar-refractivity contribution in [2.75, 3.05) is 12.4 Å². The van der Waals surface area contributed by atoms with E-state index in [0.29, 0.717) is 11.8 Å². The first-order chi connectivity index (χ1) is 9.58. The molecule has 1 aromatic carbocycles. The van der Waals surface area contributed by atoms with Crippen LogP contribution in [-0.2, 0) is 0 Å². The fourth-order valence-electron chi connectivity index (χ4n) is 3.31. The second kappa shape index (κ2) is 6.96. The standard InChI is InChI=1S/C17H26FNO/c1-12(2)9-13-5-4-6-15(10-13)19-16-8-7-14(18)11-17(16)20-3/h7-8,11-13,15,19H,4-6,9-10H2,1-3H3. The van der Waals surface area contributed by atoms with Gasteiger partial charge in [-0.3, -0.25) is 0 Å². The normalized spacial score (nSPS) is 22.9. The van der Waals surface area contributed by atoms with Gasteiger partial charge in [-0.05, 0) is 43.2 Å². The molecule has 0 aliphatic heterocycles. The zero-order valence-electron chi connectivity index (χ0n) is 12.8. The van der Waals surface area contributed by atoms with Crippen LogP contribution in [0.25, 0.3) is 0 Å². The Bertz CT molecular complexity index is 433. The van der Waals surface area contributed by atoms with Crippen molar-refractivity contribution in [3.63, 3.8) is 0 Å². The van der Waals surface area contributed by atoms with Crippen LogP contribution < -0.4 is 10.1 Å². The summed E-state index contributed by atoms with van der Waals surface area (Å²) >= 11 is 0. The third-order valence-corrected chi connectivity index (χ3v) is 4.11. The number of hydrogen-bond donors (Lipinski definition) is 1. The molecule has 112 valence electrons. The van der Waals surface area contributed by atoms with Crippen LogP contribution in [0.2, 0.25) is 0 Å². The van der Waals surface area contributed by atoms with Gasteiger partial charge in [-0.15, -0.1) is 0 Å². The summed E-state index contributed by atoms with van der Waals surface area (Å²) in [6.45, 7) is 4.58. The summed E-state index contributed by atoms with van der Waals surface area (Å²) in [7, 11) is 1.59. The van der Waals surface area contributed by atoms with Crippen molar-refractivity contribution in [1.82, 2.24) is 0 Å². The summed E-state index contributed by atoms with van der Waals surface area (Å²) in [4.78, 5) is 0. The van der Waals surface area contributed by atoms with E-state index < -0.39 is 0 Å². The van der Waals surface area contributed by atoms with E-state index in [1.807, 2.05) is 0 Å². The second-order valence-corrected chi connectivity index (χ2v) is 6.35. The van der Waals surface area contributed by atoms with Gasteiger partial charge < -0.3 is 10.1 Å². The van der Waals surface area contributed by atoms with E-state index in [1.165, 1.54) is 44.2 Å². The zero-order valence-corrected chi connectivity index (χ0v) is 12.8. The molecule has 0 spiro atoms. The number of ether oxygens (including phenoxy) is 1. The summed E-state index contributed by atoms with van der Waals surface area (Å²) in [5.74, 6) is 1.91. The van der Waals surface area contributed by atoms with Gasteiger partial charge in [0.05, 0.1) is 12.8 Å². The molecular weight excluding hydrogens is 253 g/mol. The van der Waals surface area contributed by atoms with Gasteiger partial charge in [0.15, 0.2) is 0 Å². The minimum absolute atomic E-state index is 0.256. The van der Waals surface area contributed by atoms with Crippen LogP contribution >= 0.6 is 0 Å². The van der Waals surface area contributed by atoms with Crippen molar-refractivity contribution >= 4 is 5.69 Å². The van der Waals surface area contributed by atoms with Gasteiger partial charge >= 0.3 is 0 Å². The van der Waals surface area contributed by atoms with Crippen LogP contribution in [0, 0.1) is 17.7 Å². The summed E-state index contributed by atoms with van der Waals surface area (Å²) < 4.78 is 18.5. The van der Waals surface area contributed by atoms with Crippen LogP contribution in [-0.4, -0.2) is 13.2 Å². The van der Waals surface area contributed by atoms with E-state index in [4.69, 9.17) is 4.74 Å². The lowest BCUT2D eigenvalue weighted by atomic mass is 9.81. The van der Waals surface area contributed by atoms with E-state index >= 15 is 0 Å². The molecule has 1 saturated carbocycles. The summed E-state index contributed by atoms with van der Waals surface area (Å²) in [6, 6.07) is 5.18. The van der Waals surface area contributed by atoms with Crippen molar-refractivity contribution in [3.8, 4) is 5.75 Å². The molecule has 2 rings (SSSR count). The summed E-state index contributed by atoms with van der Waals surface area (Å²) in [5.41, 5.74) is 0.907. The molecule has 20 heavy (non-hydrogen) atoms. The highest BCUT2D eigenvalue weighted by atomic mass is 19.1. The first-order valence-electron chi connectivity index (χ1n) is 7.68. The first-order valence-corrected chi connectivity index (χ1v) is 7.68. The van der Waals surface area contributed by atoms with Crippen molar-refractivity contribution in [1.29, 1.82) is 0 Å². The smallest absolute Gasteiger partial charge is 0.144 e. The van der Waals surface area contributed by atoms with Gasteiger partial charge in [-0.25, -0.2) is 4.39 Å². The number of nitrogens with one attached hydrogen (secondary N) is 1. The van der Waals surface area contributed by atoms with Gasteiger partial charge in [0.2, 0.25) is 0 Å². The molecule has 1 aliphatic rings. The highest BCUT2D eigenvalue weighted by Crippen LogP contribution is 2.33. The maximum atomic E-state index is 13.2. The number of anilines is 1. The minimum atomic E-state index is -0.256. The lowest BCUT2D eigenvalue weighted by molar-refractivity contribution is 0.288. The average Bonchev–Trinajstić information content (AvgIpc) is 2.40. The Balaban J connectivity index is 1.99. The molecule has 3 heteroatoms. The number of halogens is 1. The van der Waals surface area contributed by atoms with E-state index in [2.05, 4.69) is 19.2 Å². The van der Waals surface area contributed by atoms with Crippen molar-refractivity contribution in [2.24, 2.45) is 11.8 Å². The fourth-order valence-corrected chi connectivity index (χ4v) is 3.31. The predicted octanol–water partition coefficient (Wildman–Crippen LogP) is 4.85. The molecule has 1 aliphatic carbocycles. The SMILES string of the molecule is COc1cc(F)ccc1NC1CCCC(CC(C)C)C1. The Hall–Kier alpha value is -1.25. The molecule has 0 saturated heterocycles. The first kappa shape index (κ1) is 15.1. The molecule has 0 amide bonds. The van der Waals surface area contributed by atoms with E-state index in [0.717, 1.165) is 17.5 Å². The second-order valence-electron chi connectivity index (χ2n) is 6.35.